The largest absolute Gasteiger partial charge is 0.373 e. The van der Waals surface area contributed by atoms with E-state index in [0.29, 0.717) is 0 Å². The molecule has 5 nitrogen and oxygen atoms in total. The van der Waals surface area contributed by atoms with Gasteiger partial charge in [-0.15, -0.1) is 0 Å². The standard InChI is InChI=1S/C10H9ClN4O/c1-9(2)8(16)15-7(11)6(3-12)10(9,4-13)5-14/h8,15-16H,1-2H3/t8-/m1/s1. The molecule has 1 rings (SSSR count). The fourth-order valence-corrected chi connectivity index (χ4v) is 1.91. The topological polar surface area (TPSA) is 104 Å². The van der Waals surface area contributed by atoms with Crippen LogP contribution in [0.1, 0.15) is 13.8 Å². The molecule has 0 aromatic carbocycles. The SMILES string of the molecule is CC1(C)[C@@H](O)NC(Cl)=C(C#N)C1(C#N)C#N. The number of aliphatic hydroxyl groups is 1. The summed E-state index contributed by atoms with van der Waals surface area (Å²) < 4.78 is 0. The van der Waals surface area contributed by atoms with Gasteiger partial charge in [-0.3, -0.25) is 0 Å². The van der Waals surface area contributed by atoms with Crippen molar-refractivity contribution < 1.29 is 5.11 Å². The Morgan fingerprint density at radius 1 is 1.31 bits per heavy atom. The van der Waals surface area contributed by atoms with E-state index in [4.69, 9.17) is 27.4 Å². The molecule has 1 heterocycles. The number of nitrogens with one attached hydrogen (secondary N) is 1. The monoisotopic (exact) mass is 236 g/mol. The predicted octanol–water partition coefficient (Wildman–Crippen LogP) is 0.942. The molecule has 0 aliphatic carbocycles. The molecule has 0 amide bonds. The van der Waals surface area contributed by atoms with E-state index in [1.807, 2.05) is 0 Å². The van der Waals surface area contributed by atoms with E-state index < -0.39 is 17.1 Å². The van der Waals surface area contributed by atoms with Crippen molar-refractivity contribution in [1.82, 2.24) is 5.32 Å². The molecule has 16 heavy (non-hydrogen) atoms. The Bertz CT molecular complexity index is 461. The van der Waals surface area contributed by atoms with Crippen LogP contribution in [0.3, 0.4) is 0 Å². The lowest BCUT2D eigenvalue weighted by Crippen LogP contribution is -2.55. The second-order valence-electron chi connectivity index (χ2n) is 4.04. The highest BCUT2D eigenvalue weighted by molar-refractivity contribution is 6.30. The van der Waals surface area contributed by atoms with Crippen LogP contribution in [0, 0.1) is 44.8 Å². The van der Waals surface area contributed by atoms with Gasteiger partial charge < -0.3 is 10.4 Å². The quantitative estimate of drug-likeness (QED) is 0.609. The molecule has 2 N–H and O–H groups in total. The first-order valence-corrected chi connectivity index (χ1v) is 4.82. The summed E-state index contributed by atoms with van der Waals surface area (Å²) in [5.41, 5.74) is -3.04. The lowest BCUT2D eigenvalue weighted by molar-refractivity contribution is -0.0145. The normalized spacial score (nSPS) is 25.9. The van der Waals surface area contributed by atoms with E-state index in [-0.39, 0.29) is 10.7 Å². The molecule has 1 aliphatic heterocycles. The summed E-state index contributed by atoms with van der Waals surface area (Å²) in [4.78, 5) is 0. The van der Waals surface area contributed by atoms with Crippen molar-refractivity contribution in [3.63, 3.8) is 0 Å². The maximum atomic E-state index is 9.78. The van der Waals surface area contributed by atoms with Gasteiger partial charge in [-0.05, 0) is 0 Å². The Labute approximate surface area is 98.2 Å². The lowest BCUT2D eigenvalue weighted by atomic mass is 9.61. The van der Waals surface area contributed by atoms with Crippen LogP contribution in [-0.2, 0) is 0 Å². The molecule has 0 spiro atoms. The van der Waals surface area contributed by atoms with Crippen LogP contribution in [0.2, 0.25) is 0 Å². The minimum absolute atomic E-state index is 0.155. The molecule has 0 unspecified atom stereocenters. The Hall–Kier alpha value is -1.74. The smallest absolute Gasteiger partial charge is 0.190 e. The van der Waals surface area contributed by atoms with E-state index in [0.717, 1.165) is 0 Å². The number of aliphatic hydroxyl groups excluding tert-OH is 1. The lowest BCUT2D eigenvalue weighted by Gasteiger charge is -2.43. The van der Waals surface area contributed by atoms with Gasteiger partial charge in [0.25, 0.3) is 0 Å². The van der Waals surface area contributed by atoms with Gasteiger partial charge in [-0.25, -0.2) is 0 Å². The molecule has 0 aromatic heterocycles. The molecule has 1 atom stereocenters. The molecule has 6 heteroatoms. The van der Waals surface area contributed by atoms with E-state index in [1.54, 1.807) is 18.2 Å². The average molecular weight is 237 g/mol. The van der Waals surface area contributed by atoms with E-state index in [2.05, 4.69) is 5.32 Å². The zero-order valence-electron chi connectivity index (χ0n) is 8.74. The Kier molecular flexibility index (Phi) is 2.84. The van der Waals surface area contributed by atoms with Gasteiger partial charge in [0.1, 0.15) is 17.5 Å². The van der Waals surface area contributed by atoms with Gasteiger partial charge >= 0.3 is 0 Å². The van der Waals surface area contributed by atoms with Gasteiger partial charge in [0.2, 0.25) is 0 Å². The van der Waals surface area contributed by atoms with E-state index in [9.17, 15) is 5.11 Å². The first-order chi connectivity index (χ1) is 7.37. The molecule has 0 fully saturated rings. The fourth-order valence-electron chi connectivity index (χ4n) is 1.62. The second kappa shape index (κ2) is 3.68. The number of hydrogen-bond donors (Lipinski definition) is 2. The fraction of sp³-hybridized carbons (Fsp3) is 0.500. The summed E-state index contributed by atoms with van der Waals surface area (Å²) in [7, 11) is 0. The second-order valence-corrected chi connectivity index (χ2v) is 4.42. The summed E-state index contributed by atoms with van der Waals surface area (Å²) in [5.74, 6) is 0. The third-order valence-corrected chi connectivity index (χ3v) is 3.25. The molecule has 1 aliphatic rings. The number of hydrogen-bond acceptors (Lipinski definition) is 5. The number of nitriles is 3. The number of rotatable bonds is 0. The summed E-state index contributed by atoms with van der Waals surface area (Å²) in [6, 6.07) is 5.34. The molecule has 0 saturated heterocycles. The third-order valence-electron chi connectivity index (χ3n) is 2.96. The minimum Gasteiger partial charge on any atom is -0.373 e. The third kappa shape index (κ3) is 1.25. The maximum Gasteiger partial charge on any atom is 0.190 e. The van der Waals surface area contributed by atoms with Crippen LogP contribution in [0.15, 0.2) is 10.7 Å². The van der Waals surface area contributed by atoms with Gasteiger partial charge in [-0.1, -0.05) is 25.4 Å². The van der Waals surface area contributed by atoms with E-state index in [1.165, 1.54) is 13.8 Å². The Morgan fingerprint density at radius 3 is 2.19 bits per heavy atom. The first-order valence-electron chi connectivity index (χ1n) is 4.45. The van der Waals surface area contributed by atoms with Crippen molar-refractivity contribution in [2.75, 3.05) is 0 Å². The number of halogens is 1. The molecule has 82 valence electrons. The maximum absolute atomic E-state index is 9.78. The van der Waals surface area contributed by atoms with Crippen LogP contribution >= 0.6 is 11.6 Å². The molecule has 0 saturated carbocycles. The summed E-state index contributed by atoms with van der Waals surface area (Å²) in [6.07, 6.45) is -1.17. The van der Waals surface area contributed by atoms with Crippen LogP contribution in [0.4, 0.5) is 0 Å². The van der Waals surface area contributed by atoms with Gasteiger partial charge in [0.15, 0.2) is 5.41 Å². The molecule has 0 bridgehead atoms. The highest BCUT2D eigenvalue weighted by Gasteiger charge is 2.57. The van der Waals surface area contributed by atoms with Crippen LogP contribution in [0.25, 0.3) is 0 Å². The number of nitrogens with zero attached hydrogens (tertiary/aromatic N) is 3. The highest BCUT2D eigenvalue weighted by Crippen LogP contribution is 2.49. The number of allylic oxidation sites excluding steroid dienone is 1. The van der Waals surface area contributed by atoms with Crippen molar-refractivity contribution in [1.29, 1.82) is 15.8 Å². The zero-order chi connectivity index (χ0) is 12.6. The van der Waals surface area contributed by atoms with Crippen molar-refractivity contribution in [2.24, 2.45) is 10.8 Å². The molecular weight excluding hydrogens is 228 g/mol. The van der Waals surface area contributed by atoms with Gasteiger partial charge in [-0.2, -0.15) is 15.8 Å². The molecular formula is C10H9ClN4O. The van der Waals surface area contributed by atoms with Crippen molar-refractivity contribution >= 4 is 11.6 Å². The summed E-state index contributed by atoms with van der Waals surface area (Å²) >= 11 is 5.73. The van der Waals surface area contributed by atoms with Crippen molar-refractivity contribution in [3.8, 4) is 18.2 Å². The highest BCUT2D eigenvalue weighted by atomic mass is 35.5. The first kappa shape index (κ1) is 12.3. The summed E-state index contributed by atoms with van der Waals surface area (Å²) in [6.45, 7) is 3.05. The summed E-state index contributed by atoms with van der Waals surface area (Å²) in [5, 5.41) is 39.4. The average Bonchev–Trinajstić information content (AvgIpc) is 2.23. The van der Waals surface area contributed by atoms with Gasteiger partial charge in [0, 0.05) is 5.41 Å². The van der Waals surface area contributed by atoms with Crippen LogP contribution in [-0.4, -0.2) is 11.3 Å². The van der Waals surface area contributed by atoms with Crippen molar-refractivity contribution in [2.45, 2.75) is 20.1 Å². The van der Waals surface area contributed by atoms with Crippen LogP contribution < -0.4 is 5.32 Å². The Balaban J connectivity index is 3.63. The molecule has 0 radical (unpaired) electrons. The van der Waals surface area contributed by atoms with E-state index >= 15 is 0 Å². The Morgan fingerprint density at radius 2 is 1.81 bits per heavy atom. The van der Waals surface area contributed by atoms with Crippen LogP contribution in [0.5, 0.6) is 0 Å². The minimum atomic E-state index is -1.75. The van der Waals surface area contributed by atoms with Crippen molar-refractivity contribution in [3.05, 3.63) is 10.7 Å². The molecule has 0 aromatic rings. The van der Waals surface area contributed by atoms with Gasteiger partial charge in [0.05, 0.1) is 17.7 Å². The predicted molar refractivity (Wildman–Crippen MR) is 55.1 cm³/mol. The zero-order valence-corrected chi connectivity index (χ0v) is 9.50.